The molecule has 1 atom stereocenters. The van der Waals surface area contributed by atoms with Gasteiger partial charge in [0, 0.05) is 12.6 Å². The van der Waals surface area contributed by atoms with Gasteiger partial charge in [-0.1, -0.05) is 30.3 Å². The van der Waals surface area contributed by atoms with Crippen molar-refractivity contribution in [1.29, 1.82) is 0 Å². The van der Waals surface area contributed by atoms with Gasteiger partial charge in [-0.15, -0.1) is 0 Å². The molecule has 1 fully saturated rings. The summed E-state index contributed by atoms with van der Waals surface area (Å²) in [5, 5.41) is 2.98. The van der Waals surface area contributed by atoms with Crippen LogP contribution in [0.15, 0.2) is 42.5 Å². The monoisotopic (exact) mass is 478 g/mol. The van der Waals surface area contributed by atoms with Crippen molar-refractivity contribution in [2.24, 2.45) is 5.92 Å². The highest BCUT2D eigenvalue weighted by Crippen LogP contribution is 2.31. The third-order valence-electron chi connectivity index (χ3n) is 5.23. The lowest BCUT2D eigenvalue weighted by Gasteiger charge is -2.16. The highest BCUT2D eigenvalue weighted by Gasteiger charge is 2.23. The predicted octanol–water partition coefficient (Wildman–Crippen LogP) is 3.45. The highest BCUT2D eigenvalue weighted by molar-refractivity contribution is 7.88. The average Bonchev–Trinajstić information content (AvgIpc) is 3.57. The molecule has 1 aliphatic carbocycles. The van der Waals surface area contributed by atoms with E-state index in [4.69, 9.17) is 9.47 Å². The predicted molar refractivity (Wildman–Crippen MR) is 124 cm³/mol. The molecule has 0 aliphatic heterocycles. The number of ether oxygens (including phenoxy) is 2. The normalized spacial score (nSPS) is 14.6. The molecule has 0 amide bonds. The first-order valence-corrected chi connectivity index (χ1v) is 12.8. The lowest BCUT2D eigenvalue weighted by atomic mass is 10.1. The van der Waals surface area contributed by atoms with Crippen molar-refractivity contribution in [2.45, 2.75) is 45.0 Å². The van der Waals surface area contributed by atoms with E-state index in [0.29, 0.717) is 36.8 Å². The van der Waals surface area contributed by atoms with Crippen molar-refractivity contribution in [2.75, 3.05) is 19.8 Å². The molecule has 2 aromatic carbocycles. The third-order valence-corrected chi connectivity index (χ3v) is 6.66. The summed E-state index contributed by atoms with van der Waals surface area (Å²) in [7, 11) is -3.66. The number of halogens is 1. The van der Waals surface area contributed by atoms with Gasteiger partial charge in [0.1, 0.15) is 0 Å². The largest absolute Gasteiger partial charge is 0.490 e. The Bertz CT molecular complexity index is 1060. The van der Waals surface area contributed by atoms with Gasteiger partial charge >= 0.3 is 5.97 Å². The Kier molecular flexibility index (Phi) is 8.82. The summed E-state index contributed by atoms with van der Waals surface area (Å²) >= 11 is 0. The zero-order valence-corrected chi connectivity index (χ0v) is 19.8. The van der Waals surface area contributed by atoms with E-state index >= 15 is 0 Å². The second-order valence-corrected chi connectivity index (χ2v) is 10.0. The van der Waals surface area contributed by atoms with Crippen LogP contribution < -0.4 is 14.8 Å². The zero-order chi connectivity index (χ0) is 23.8. The van der Waals surface area contributed by atoms with Crippen LogP contribution in [0.5, 0.6) is 5.75 Å². The van der Waals surface area contributed by atoms with Crippen LogP contribution in [0, 0.1) is 11.7 Å². The Morgan fingerprint density at radius 1 is 1.18 bits per heavy atom. The van der Waals surface area contributed by atoms with Crippen molar-refractivity contribution < 1.29 is 27.1 Å². The summed E-state index contributed by atoms with van der Waals surface area (Å²) in [4.78, 5) is 11.4. The Morgan fingerprint density at radius 3 is 2.67 bits per heavy atom. The van der Waals surface area contributed by atoms with Gasteiger partial charge in [0.25, 0.3) is 0 Å². The van der Waals surface area contributed by atoms with Crippen molar-refractivity contribution in [3.63, 3.8) is 0 Å². The first-order chi connectivity index (χ1) is 15.8. The summed E-state index contributed by atoms with van der Waals surface area (Å²) in [5.41, 5.74) is 2.11. The van der Waals surface area contributed by atoms with Crippen LogP contribution in [-0.2, 0) is 31.9 Å². The van der Waals surface area contributed by atoms with Crippen LogP contribution in [-0.4, -0.2) is 34.1 Å². The maximum Gasteiger partial charge on any atom is 0.319 e. The van der Waals surface area contributed by atoms with Crippen molar-refractivity contribution in [3.8, 4) is 5.75 Å². The number of esters is 1. The van der Waals surface area contributed by atoms with Crippen molar-refractivity contribution >= 4 is 16.0 Å². The van der Waals surface area contributed by atoms with Crippen molar-refractivity contribution in [1.82, 2.24) is 10.0 Å². The standard InChI is InChI=1S/C24H31FN2O5S/c1-3-31-24(28)14-26-13-19-5-4-6-20(11-19)16-33(29,30)27-17(2)21-9-10-22(25)23(12-21)32-15-18-7-8-18/h4-6,9-12,17-18,26-27H,3,7-8,13-16H2,1-2H3/t17-/m1/s1. The lowest BCUT2D eigenvalue weighted by molar-refractivity contribution is -0.142. The number of benzene rings is 2. The number of carbonyl (C=O) groups is 1. The smallest absolute Gasteiger partial charge is 0.319 e. The lowest BCUT2D eigenvalue weighted by Crippen LogP contribution is -2.28. The van der Waals surface area contributed by atoms with Gasteiger partial charge in [-0.2, -0.15) is 0 Å². The number of hydrogen-bond donors (Lipinski definition) is 2. The molecule has 9 heteroatoms. The zero-order valence-electron chi connectivity index (χ0n) is 19.0. The molecule has 0 spiro atoms. The summed E-state index contributed by atoms with van der Waals surface area (Å²) in [6.45, 7) is 4.76. The van der Waals surface area contributed by atoms with E-state index in [1.54, 1.807) is 44.2 Å². The number of rotatable bonds is 13. The first-order valence-electron chi connectivity index (χ1n) is 11.1. The van der Waals surface area contributed by atoms with E-state index in [-0.39, 0.29) is 24.0 Å². The minimum absolute atomic E-state index is 0.0828. The molecule has 1 aliphatic rings. The van der Waals surface area contributed by atoms with E-state index in [1.807, 2.05) is 6.07 Å². The Labute approximate surface area is 194 Å². The van der Waals surface area contributed by atoms with Gasteiger partial charge in [0.05, 0.1) is 25.5 Å². The quantitative estimate of drug-likeness (QED) is 0.429. The fraction of sp³-hybridized carbons (Fsp3) is 0.458. The molecule has 0 aromatic heterocycles. The molecule has 180 valence electrons. The van der Waals surface area contributed by atoms with E-state index in [0.717, 1.165) is 18.4 Å². The summed E-state index contributed by atoms with van der Waals surface area (Å²) in [6.07, 6.45) is 2.19. The number of nitrogens with one attached hydrogen (secondary N) is 2. The maximum absolute atomic E-state index is 14.0. The maximum atomic E-state index is 14.0. The van der Waals surface area contributed by atoms with Gasteiger partial charge in [-0.25, -0.2) is 17.5 Å². The van der Waals surface area contributed by atoms with E-state index < -0.39 is 21.9 Å². The van der Waals surface area contributed by atoms with Gasteiger partial charge in [0.2, 0.25) is 10.0 Å². The van der Waals surface area contributed by atoms with Gasteiger partial charge in [0.15, 0.2) is 11.6 Å². The number of carbonyl (C=O) groups excluding carboxylic acids is 1. The van der Waals surface area contributed by atoms with E-state index in [2.05, 4.69) is 10.0 Å². The number of hydrogen-bond acceptors (Lipinski definition) is 6. The molecule has 7 nitrogen and oxygen atoms in total. The SMILES string of the molecule is CCOC(=O)CNCc1cccc(CS(=O)(=O)N[C@H](C)c2ccc(F)c(OCC3CC3)c2)c1. The fourth-order valence-electron chi connectivity index (χ4n) is 3.34. The van der Waals surface area contributed by atoms with Gasteiger partial charge in [-0.3, -0.25) is 4.79 Å². The van der Waals surface area contributed by atoms with Crippen LogP contribution in [0.3, 0.4) is 0 Å². The summed E-state index contributed by atoms with van der Waals surface area (Å²) < 4.78 is 52.6. The minimum Gasteiger partial charge on any atom is -0.490 e. The molecule has 33 heavy (non-hydrogen) atoms. The molecule has 0 bridgehead atoms. The van der Waals surface area contributed by atoms with Crippen LogP contribution >= 0.6 is 0 Å². The summed E-state index contributed by atoms with van der Waals surface area (Å²) in [6, 6.07) is 11.0. The second-order valence-electron chi connectivity index (χ2n) is 8.27. The Morgan fingerprint density at radius 2 is 1.94 bits per heavy atom. The first kappa shape index (κ1) is 25.1. The minimum atomic E-state index is -3.66. The molecule has 0 saturated heterocycles. The molecule has 3 rings (SSSR count). The Balaban J connectivity index is 1.57. The average molecular weight is 479 g/mol. The van der Waals surface area contributed by atoms with E-state index in [9.17, 15) is 17.6 Å². The highest BCUT2D eigenvalue weighted by atomic mass is 32.2. The van der Waals surface area contributed by atoms with Crippen LogP contribution in [0.2, 0.25) is 0 Å². The molecule has 0 radical (unpaired) electrons. The molecular formula is C24H31FN2O5S. The second kappa shape index (κ2) is 11.6. The van der Waals surface area contributed by atoms with E-state index in [1.165, 1.54) is 6.07 Å². The molecule has 2 aromatic rings. The van der Waals surface area contributed by atoms with Crippen LogP contribution in [0.1, 0.15) is 49.4 Å². The molecule has 0 heterocycles. The van der Waals surface area contributed by atoms with Crippen molar-refractivity contribution in [3.05, 3.63) is 65.0 Å². The topological polar surface area (TPSA) is 93.7 Å². The fourth-order valence-corrected chi connectivity index (χ4v) is 4.72. The number of sulfonamides is 1. The van der Waals surface area contributed by atoms with Crippen LogP contribution in [0.25, 0.3) is 0 Å². The molecule has 2 N–H and O–H groups in total. The molecular weight excluding hydrogens is 447 g/mol. The van der Waals surface area contributed by atoms with Gasteiger partial charge < -0.3 is 14.8 Å². The Hall–Kier alpha value is -2.49. The van der Waals surface area contributed by atoms with Crippen LogP contribution in [0.4, 0.5) is 4.39 Å². The van der Waals surface area contributed by atoms with Gasteiger partial charge in [-0.05, 0) is 61.4 Å². The molecule has 1 saturated carbocycles. The third kappa shape index (κ3) is 8.42. The molecule has 0 unspecified atom stereocenters. The summed E-state index contributed by atoms with van der Waals surface area (Å²) in [5.74, 6) is -0.359.